The summed E-state index contributed by atoms with van der Waals surface area (Å²) in [5, 5.41) is 10.3. The second-order valence-corrected chi connectivity index (χ2v) is 5.55. The zero-order valence-corrected chi connectivity index (χ0v) is 10.2. The Morgan fingerprint density at radius 3 is 2.81 bits per heavy atom. The third kappa shape index (κ3) is 2.73. The van der Waals surface area contributed by atoms with Crippen LogP contribution in [0, 0.1) is 23.2 Å². The Morgan fingerprint density at radius 2 is 2.12 bits per heavy atom. The Hall–Kier alpha value is -1.08. The normalized spacial score (nSPS) is 29.6. The predicted molar refractivity (Wildman–Crippen MR) is 63.8 cm³/mol. The van der Waals surface area contributed by atoms with Gasteiger partial charge in [0.15, 0.2) is 5.16 Å². The van der Waals surface area contributed by atoms with Crippen molar-refractivity contribution in [2.75, 3.05) is 0 Å². The van der Waals surface area contributed by atoms with Gasteiger partial charge in [-0.15, -0.1) is 0 Å². The van der Waals surface area contributed by atoms with E-state index < -0.39 is 0 Å². The van der Waals surface area contributed by atoms with Crippen molar-refractivity contribution in [3.05, 3.63) is 18.5 Å². The van der Waals surface area contributed by atoms with E-state index in [1.54, 1.807) is 24.2 Å². The molecular weight excluding hydrogens is 218 g/mol. The number of nitriles is 1. The number of aromatic nitrogens is 2. The van der Waals surface area contributed by atoms with Crippen molar-refractivity contribution in [1.29, 1.82) is 5.26 Å². The summed E-state index contributed by atoms with van der Waals surface area (Å²) in [5.74, 6) is 0.871. The molecule has 1 aliphatic rings. The first-order valence-electron chi connectivity index (χ1n) is 5.63. The smallest absolute Gasteiger partial charge is 0.187 e. The van der Waals surface area contributed by atoms with Gasteiger partial charge in [0.25, 0.3) is 0 Å². The molecule has 84 valence electrons. The topological polar surface area (TPSA) is 49.6 Å². The molecule has 0 N–H and O–H groups in total. The first-order chi connectivity index (χ1) is 7.79. The SMILES string of the molecule is CC1CCC(C#N)C(Sc2ncccn2)C1. The van der Waals surface area contributed by atoms with Gasteiger partial charge in [-0.1, -0.05) is 18.7 Å². The van der Waals surface area contributed by atoms with Gasteiger partial charge in [-0.25, -0.2) is 9.97 Å². The molecule has 0 aromatic carbocycles. The lowest BCUT2D eigenvalue weighted by atomic mass is 9.83. The molecule has 1 fully saturated rings. The van der Waals surface area contributed by atoms with Gasteiger partial charge in [0.1, 0.15) is 0 Å². The summed E-state index contributed by atoms with van der Waals surface area (Å²) < 4.78 is 0. The van der Waals surface area contributed by atoms with Crippen molar-refractivity contribution in [2.24, 2.45) is 11.8 Å². The second-order valence-electron chi connectivity index (χ2n) is 4.34. The molecular formula is C12H15N3S. The summed E-state index contributed by atoms with van der Waals surface area (Å²) in [6.45, 7) is 2.26. The van der Waals surface area contributed by atoms with Crippen LogP contribution in [0.15, 0.2) is 23.6 Å². The molecule has 1 aliphatic carbocycles. The van der Waals surface area contributed by atoms with E-state index in [4.69, 9.17) is 5.26 Å². The molecule has 4 heteroatoms. The van der Waals surface area contributed by atoms with Crippen molar-refractivity contribution in [2.45, 2.75) is 36.6 Å². The summed E-state index contributed by atoms with van der Waals surface area (Å²) in [6.07, 6.45) is 6.79. The highest BCUT2D eigenvalue weighted by Crippen LogP contribution is 2.38. The fourth-order valence-electron chi connectivity index (χ4n) is 2.09. The summed E-state index contributed by atoms with van der Waals surface area (Å²) >= 11 is 1.66. The van der Waals surface area contributed by atoms with Crippen LogP contribution < -0.4 is 0 Å². The zero-order chi connectivity index (χ0) is 11.4. The molecule has 3 unspecified atom stereocenters. The van der Waals surface area contributed by atoms with Gasteiger partial charge in [-0.2, -0.15) is 5.26 Å². The van der Waals surface area contributed by atoms with Gasteiger partial charge in [0.2, 0.25) is 0 Å². The maximum atomic E-state index is 9.12. The standard InChI is InChI=1S/C12H15N3S/c1-9-3-4-10(8-13)11(7-9)16-12-14-5-2-6-15-12/h2,5-6,9-11H,3-4,7H2,1H3. The molecule has 0 radical (unpaired) electrons. The molecule has 1 aromatic rings. The van der Waals surface area contributed by atoms with Crippen LogP contribution in [0.3, 0.4) is 0 Å². The third-order valence-corrected chi connectivity index (χ3v) is 4.26. The first-order valence-corrected chi connectivity index (χ1v) is 6.51. The largest absolute Gasteiger partial charge is 0.231 e. The molecule has 0 aliphatic heterocycles. The van der Waals surface area contributed by atoms with Crippen LogP contribution in [-0.2, 0) is 0 Å². The first kappa shape index (κ1) is 11.4. The zero-order valence-electron chi connectivity index (χ0n) is 9.34. The average molecular weight is 233 g/mol. The Balaban J connectivity index is 2.04. The van der Waals surface area contributed by atoms with E-state index in [0.717, 1.165) is 18.0 Å². The molecule has 0 amide bonds. The van der Waals surface area contributed by atoms with Gasteiger partial charge in [0, 0.05) is 17.6 Å². The van der Waals surface area contributed by atoms with Crippen LogP contribution in [0.5, 0.6) is 0 Å². The molecule has 1 heterocycles. The van der Waals surface area contributed by atoms with Crippen molar-refractivity contribution in [1.82, 2.24) is 9.97 Å². The van der Waals surface area contributed by atoms with E-state index in [2.05, 4.69) is 23.0 Å². The molecule has 16 heavy (non-hydrogen) atoms. The van der Waals surface area contributed by atoms with Crippen LogP contribution in [0.1, 0.15) is 26.2 Å². The second kappa shape index (κ2) is 5.31. The van der Waals surface area contributed by atoms with Gasteiger partial charge < -0.3 is 0 Å². The van der Waals surface area contributed by atoms with Gasteiger partial charge in [-0.3, -0.25) is 0 Å². The molecule has 3 atom stereocenters. The quantitative estimate of drug-likeness (QED) is 0.737. The minimum atomic E-state index is 0.157. The minimum absolute atomic E-state index is 0.157. The molecule has 2 rings (SSSR count). The fourth-order valence-corrected chi connectivity index (χ4v) is 3.39. The Kier molecular flexibility index (Phi) is 3.79. The maximum Gasteiger partial charge on any atom is 0.187 e. The minimum Gasteiger partial charge on any atom is -0.231 e. The van der Waals surface area contributed by atoms with Crippen LogP contribution in [0.2, 0.25) is 0 Å². The van der Waals surface area contributed by atoms with Gasteiger partial charge >= 0.3 is 0 Å². The van der Waals surface area contributed by atoms with Crippen molar-refractivity contribution in [3.63, 3.8) is 0 Å². The van der Waals surface area contributed by atoms with Gasteiger partial charge in [0.05, 0.1) is 12.0 Å². The lowest BCUT2D eigenvalue weighted by Crippen LogP contribution is -2.25. The fraction of sp³-hybridized carbons (Fsp3) is 0.583. The number of rotatable bonds is 2. The number of hydrogen-bond acceptors (Lipinski definition) is 4. The van der Waals surface area contributed by atoms with Crippen molar-refractivity contribution in [3.8, 4) is 6.07 Å². The molecule has 1 saturated carbocycles. The predicted octanol–water partition coefficient (Wildman–Crippen LogP) is 2.90. The molecule has 3 nitrogen and oxygen atoms in total. The summed E-state index contributed by atoms with van der Waals surface area (Å²) in [7, 11) is 0. The molecule has 0 spiro atoms. The molecule has 1 aromatic heterocycles. The van der Waals surface area contributed by atoms with Crippen LogP contribution in [-0.4, -0.2) is 15.2 Å². The highest BCUT2D eigenvalue weighted by molar-refractivity contribution is 7.99. The van der Waals surface area contributed by atoms with E-state index in [1.165, 1.54) is 6.42 Å². The summed E-state index contributed by atoms with van der Waals surface area (Å²) in [4.78, 5) is 8.42. The molecule has 0 saturated heterocycles. The lowest BCUT2D eigenvalue weighted by molar-refractivity contribution is 0.345. The summed E-state index contributed by atoms with van der Waals surface area (Å²) in [6, 6.07) is 4.23. The molecule has 0 bridgehead atoms. The number of thioether (sulfide) groups is 1. The van der Waals surface area contributed by atoms with Gasteiger partial charge in [-0.05, 0) is 31.2 Å². The van der Waals surface area contributed by atoms with Crippen LogP contribution >= 0.6 is 11.8 Å². The van der Waals surface area contributed by atoms with E-state index in [9.17, 15) is 0 Å². The van der Waals surface area contributed by atoms with Crippen molar-refractivity contribution < 1.29 is 0 Å². The Morgan fingerprint density at radius 1 is 1.38 bits per heavy atom. The number of hydrogen-bond donors (Lipinski definition) is 0. The Bertz CT molecular complexity index is 374. The summed E-state index contributed by atoms with van der Waals surface area (Å²) in [5.41, 5.74) is 0. The highest BCUT2D eigenvalue weighted by atomic mass is 32.2. The van der Waals surface area contributed by atoms with E-state index in [-0.39, 0.29) is 5.92 Å². The van der Waals surface area contributed by atoms with E-state index in [0.29, 0.717) is 11.2 Å². The van der Waals surface area contributed by atoms with Crippen LogP contribution in [0.25, 0.3) is 0 Å². The maximum absolute atomic E-state index is 9.12. The van der Waals surface area contributed by atoms with Crippen molar-refractivity contribution >= 4 is 11.8 Å². The van der Waals surface area contributed by atoms with Crippen LogP contribution in [0.4, 0.5) is 0 Å². The monoisotopic (exact) mass is 233 g/mol. The number of nitrogens with zero attached hydrogens (tertiary/aromatic N) is 3. The van der Waals surface area contributed by atoms with E-state index >= 15 is 0 Å². The van der Waals surface area contributed by atoms with E-state index in [1.807, 2.05) is 6.07 Å². The third-order valence-electron chi connectivity index (χ3n) is 3.02. The lowest BCUT2D eigenvalue weighted by Gasteiger charge is -2.29. The average Bonchev–Trinajstić information content (AvgIpc) is 2.31. The Labute approximate surface area is 100 Å². The highest BCUT2D eigenvalue weighted by Gasteiger charge is 2.29.